The van der Waals surface area contributed by atoms with E-state index in [0.717, 1.165) is 32.1 Å². The van der Waals surface area contributed by atoms with Crippen LogP contribution in [-0.2, 0) is 13.9 Å². The Hall–Kier alpha value is -0.600. The van der Waals surface area contributed by atoms with Crippen molar-refractivity contribution in [3.63, 3.8) is 0 Å². The van der Waals surface area contributed by atoms with Gasteiger partial charge in [0.05, 0.1) is 12.8 Å². The van der Waals surface area contributed by atoms with Gasteiger partial charge in [0.2, 0.25) is 0 Å². The zero-order valence-corrected chi connectivity index (χ0v) is 14.8. The molecule has 2 fully saturated rings. The van der Waals surface area contributed by atoms with Gasteiger partial charge in [0.25, 0.3) is 0 Å². The maximum absolute atomic E-state index is 12.0. The van der Waals surface area contributed by atoms with Gasteiger partial charge in [-0.1, -0.05) is 39.2 Å². The molecule has 0 saturated heterocycles. The van der Waals surface area contributed by atoms with E-state index in [1.165, 1.54) is 12.8 Å². The summed E-state index contributed by atoms with van der Waals surface area (Å²) in [4.78, 5) is 11.3. The van der Waals surface area contributed by atoms with Gasteiger partial charge in [0.1, 0.15) is 0 Å². The Morgan fingerprint density at radius 3 is 2.50 bits per heavy atom. The van der Waals surface area contributed by atoms with Crippen molar-refractivity contribution in [3.05, 3.63) is 11.6 Å². The summed E-state index contributed by atoms with van der Waals surface area (Å²) in [6.07, 6.45) is 9.71. The quantitative estimate of drug-likeness (QED) is 0.526. The Bertz CT molecular complexity index is 450. The van der Waals surface area contributed by atoms with Crippen molar-refractivity contribution in [2.24, 2.45) is 17.3 Å². The summed E-state index contributed by atoms with van der Waals surface area (Å²) in [7, 11) is -2.29. The van der Waals surface area contributed by atoms with Gasteiger partial charge >= 0.3 is 5.97 Å². The SMILES string of the molecule is CC1(C)CC1CCO[PH](=O)CC(=CC1CCCCC1)C(=O)O. The molecule has 2 aliphatic rings. The molecule has 2 unspecified atom stereocenters. The number of aliphatic carboxylic acids is 1. The van der Waals surface area contributed by atoms with Crippen LogP contribution in [0.25, 0.3) is 0 Å². The van der Waals surface area contributed by atoms with Gasteiger partial charge in [-0.05, 0) is 42.9 Å². The highest BCUT2D eigenvalue weighted by Gasteiger charge is 2.44. The molecule has 0 spiro atoms. The van der Waals surface area contributed by atoms with Crippen LogP contribution in [0.2, 0.25) is 0 Å². The maximum Gasteiger partial charge on any atom is 0.331 e. The molecule has 0 aromatic heterocycles. The summed E-state index contributed by atoms with van der Waals surface area (Å²) in [5, 5.41) is 9.30. The molecule has 0 aromatic rings. The summed E-state index contributed by atoms with van der Waals surface area (Å²) < 4.78 is 17.4. The van der Waals surface area contributed by atoms with E-state index in [2.05, 4.69) is 13.8 Å². The number of carbonyl (C=O) groups is 1. The van der Waals surface area contributed by atoms with E-state index >= 15 is 0 Å². The Kier molecular flexibility index (Phi) is 6.28. The lowest BCUT2D eigenvalue weighted by Crippen LogP contribution is -2.10. The van der Waals surface area contributed by atoms with E-state index < -0.39 is 14.0 Å². The predicted octanol–water partition coefficient (Wildman–Crippen LogP) is 4.51. The minimum Gasteiger partial charge on any atom is -0.478 e. The molecule has 0 aromatic carbocycles. The van der Waals surface area contributed by atoms with Crippen LogP contribution in [0.15, 0.2) is 11.6 Å². The highest BCUT2D eigenvalue weighted by atomic mass is 31.1. The lowest BCUT2D eigenvalue weighted by Gasteiger charge is -2.19. The molecule has 2 atom stereocenters. The second-order valence-corrected chi connectivity index (χ2v) is 8.86. The third-order valence-electron chi connectivity index (χ3n) is 5.14. The summed E-state index contributed by atoms with van der Waals surface area (Å²) >= 11 is 0. The number of hydrogen-bond acceptors (Lipinski definition) is 3. The molecule has 0 bridgehead atoms. The second kappa shape index (κ2) is 7.79. The monoisotopic (exact) mass is 328 g/mol. The number of allylic oxidation sites excluding steroid dienone is 1. The van der Waals surface area contributed by atoms with Gasteiger partial charge in [0, 0.05) is 5.57 Å². The lowest BCUT2D eigenvalue weighted by atomic mass is 9.88. The minimum absolute atomic E-state index is 0.0740. The van der Waals surface area contributed by atoms with E-state index in [1.807, 2.05) is 6.08 Å². The molecule has 0 amide bonds. The van der Waals surface area contributed by atoms with E-state index in [-0.39, 0.29) is 11.7 Å². The molecule has 4 nitrogen and oxygen atoms in total. The average molecular weight is 328 g/mol. The Morgan fingerprint density at radius 2 is 1.95 bits per heavy atom. The van der Waals surface area contributed by atoms with Crippen LogP contribution >= 0.6 is 8.03 Å². The van der Waals surface area contributed by atoms with E-state index in [4.69, 9.17) is 4.52 Å². The zero-order valence-electron chi connectivity index (χ0n) is 13.8. The number of hydrogen-bond donors (Lipinski definition) is 1. The molecule has 2 rings (SSSR count). The predicted molar refractivity (Wildman–Crippen MR) is 88.6 cm³/mol. The highest BCUT2D eigenvalue weighted by molar-refractivity contribution is 7.39. The molecular formula is C17H29O4P. The fourth-order valence-corrected chi connectivity index (χ4v) is 4.41. The standard InChI is InChI=1S/C17H29O4P/c1-17(2)11-15(17)8-9-21-22(20)12-14(16(18)19)10-13-6-4-3-5-7-13/h10,13,15,22H,3-9,11-12H2,1-2H3,(H,18,19). The van der Waals surface area contributed by atoms with Crippen molar-refractivity contribution in [2.75, 3.05) is 12.8 Å². The molecule has 2 saturated carbocycles. The third-order valence-corrected chi connectivity index (χ3v) is 6.34. The van der Waals surface area contributed by atoms with Gasteiger partial charge in [-0.25, -0.2) is 4.79 Å². The summed E-state index contributed by atoms with van der Waals surface area (Å²) in [5.41, 5.74) is 0.689. The molecule has 5 heteroatoms. The molecule has 0 radical (unpaired) electrons. The van der Waals surface area contributed by atoms with Crippen molar-refractivity contribution in [2.45, 2.75) is 58.8 Å². The smallest absolute Gasteiger partial charge is 0.331 e. The number of rotatable bonds is 8. The molecule has 2 aliphatic carbocycles. The van der Waals surface area contributed by atoms with Crippen LogP contribution < -0.4 is 0 Å². The zero-order chi connectivity index (χ0) is 16.2. The van der Waals surface area contributed by atoms with Crippen molar-refractivity contribution in [1.82, 2.24) is 0 Å². The van der Waals surface area contributed by atoms with E-state index in [1.54, 1.807) is 0 Å². The Labute approximate surface area is 134 Å². The first kappa shape index (κ1) is 17.7. The van der Waals surface area contributed by atoms with Crippen LogP contribution in [0.4, 0.5) is 0 Å². The first-order chi connectivity index (χ1) is 10.4. The van der Waals surface area contributed by atoms with Crippen LogP contribution in [0.1, 0.15) is 58.8 Å². The van der Waals surface area contributed by atoms with Crippen LogP contribution in [-0.4, -0.2) is 23.8 Å². The van der Waals surface area contributed by atoms with Crippen LogP contribution in [0.5, 0.6) is 0 Å². The first-order valence-electron chi connectivity index (χ1n) is 8.48. The van der Waals surface area contributed by atoms with Gasteiger partial charge in [-0.2, -0.15) is 0 Å². The summed E-state index contributed by atoms with van der Waals surface area (Å²) in [6.45, 7) is 4.95. The van der Waals surface area contributed by atoms with Crippen molar-refractivity contribution in [3.8, 4) is 0 Å². The lowest BCUT2D eigenvalue weighted by molar-refractivity contribution is -0.132. The summed E-state index contributed by atoms with van der Waals surface area (Å²) in [5.74, 6) is 0.0526. The van der Waals surface area contributed by atoms with E-state index in [0.29, 0.717) is 23.9 Å². The second-order valence-electron chi connectivity index (χ2n) is 7.47. The topological polar surface area (TPSA) is 63.6 Å². The Morgan fingerprint density at radius 1 is 1.32 bits per heavy atom. The fraction of sp³-hybridized carbons (Fsp3) is 0.824. The fourth-order valence-electron chi connectivity index (χ4n) is 3.38. The molecule has 22 heavy (non-hydrogen) atoms. The van der Waals surface area contributed by atoms with Crippen molar-refractivity contribution in [1.29, 1.82) is 0 Å². The summed E-state index contributed by atoms with van der Waals surface area (Å²) in [6, 6.07) is 0. The van der Waals surface area contributed by atoms with Crippen LogP contribution in [0, 0.1) is 17.3 Å². The minimum atomic E-state index is -2.29. The van der Waals surface area contributed by atoms with Crippen molar-refractivity contribution >= 4 is 14.0 Å². The van der Waals surface area contributed by atoms with Gasteiger partial charge in [-0.3, -0.25) is 4.57 Å². The van der Waals surface area contributed by atoms with Crippen LogP contribution in [0.3, 0.4) is 0 Å². The number of carboxylic acids is 1. The maximum atomic E-state index is 12.0. The van der Waals surface area contributed by atoms with Gasteiger partial charge in [0.15, 0.2) is 8.03 Å². The largest absolute Gasteiger partial charge is 0.478 e. The van der Waals surface area contributed by atoms with Gasteiger partial charge < -0.3 is 9.63 Å². The molecule has 0 aliphatic heterocycles. The molecule has 1 N–H and O–H groups in total. The van der Waals surface area contributed by atoms with Crippen molar-refractivity contribution < 1.29 is 19.0 Å². The van der Waals surface area contributed by atoms with Gasteiger partial charge in [-0.15, -0.1) is 0 Å². The highest BCUT2D eigenvalue weighted by Crippen LogP contribution is 2.53. The molecular weight excluding hydrogens is 299 g/mol. The molecule has 0 heterocycles. The third kappa shape index (κ3) is 5.55. The Balaban J connectivity index is 1.76. The first-order valence-corrected chi connectivity index (χ1v) is 10.0. The number of carboxylic acid groups (broad SMARTS) is 1. The normalized spacial score (nSPS) is 26.6. The van der Waals surface area contributed by atoms with E-state index in [9.17, 15) is 14.5 Å². The molecule has 126 valence electrons. The average Bonchev–Trinajstić information content (AvgIpc) is 3.06.